The zero-order valence-electron chi connectivity index (χ0n) is 7.98. The molecule has 2 atom stereocenters. The summed E-state index contributed by atoms with van der Waals surface area (Å²) in [5.41, 5.74) is 1.64. The van der Waals surface area contributed by atoms with Gasteiger partial charge in [0.15, 0.2) is 0 Å². The molecule has 0 heterocycles. The molecule has 0 bridgehead atoms. The Morgan fingerprint density at radius 1 is 1.47 bits per heavy atom. The molecule has 2 unspecified atom stereocenters. The molecule has 1 aliphatic rings. The molecule has 0 aromatic heterocycles. The first-order chi connectivity index (χ1) is 7.08. The predicted molar refractivity (Wildman–Crippen MR) is 55.9 cm³/mol. The molecule has 1 aromatic rings. The maximum absolute atomic E-state index is 10.8. The first kappa shape index (κ1) is 10.5. The average molecular weight is 227 g/mol. The Bertz CT molecular complexity index is 403. The molecular weight excluding hydrogens is 216 g/mol. The van der Waals surface area contributed by atoms with Crippen molar-refractivity contribution in [3.63, 3.8) is 0 Å². The second-order valence-electron chi connectivity index (χ2n) is 3.83. The van der Waals surface area contributed by atoms with Crippen LogP contribution < -0.4 is 0 Å². The molecule has 4 heteroatoms. The molecule has 0 aliphatic heterocycles. The van der Waals surface area contributed by atoms with Crippen LogP contribution in [0.25, 0.3) is 0 Å². The Morgan fingerprint density at radius 3 is 2.87 bits per heavy atom. The summed E-state index contributed by atoms with van der Waals surface area (Å²) >= 11 is 5.81. The molecule has 0 amide bonds. The summed E-state index contributed by atoms with van der Waals surface area (Å²) < 4.78 is 0. The van der Waals surface area contributed by atoms with E-state index in [-0.39, 0.29) is 6.42 Å². The van der Waals surface area contributed by atoms with Crippen molar-refractivity contribution >= 4 is 17.6 Å². The van der Waals surface area contributed by atoms with E-state index >= 15 is 0 Å². The van der Waals surface area contributed by atoms with Crippen molar-refractivity contribution in [2.75, 3.05) is 0 Å². The van der Waals surface area contributed by atoms with Gasteiger partial charge in [0, 0.05) is 5.02 Å². The molecule has 2 N–H and O–H groups in total. The summed E-state index contributed by atoms with van der Waals surface area (Å²) in [4.78, 5) is 10.8. The Kier molecular flexibility index (Phi) is 2.67. The summed E-state index contributed by atoms with van der Waals surface area (Å²) in [5, 5.41) is 19.3. The Hall–Kier alpha value is -1.06. The minimum atomic E-state index is -0.852. The number of fused-ring (bicyclic) bond motifs is 1. The number of aliphatic hydroxyl groups is 1. The number of aliphatic hydroxyl groups excluding tert-OH is 1. The summed E-state index contributed by atoms with van der Waals surface area (Å²) in [5.74, 6) is -1.34. The number of halogens is 1. The van der Waals surface area contributed by atoms with Gasteiger partial charge in [0.2, 0.25) is 0 Å². The minimum absolute atomic E-state index is 0.267. The van der Waals surface area contributed by atoms with Crippen LogP contribution in [0, 0.1) is 5.92 Å². The van der Waals surface area contributed by atoms with Crippen molar-refractivity contribution in [2.45, 2.75) is 18.9 Å². The highest BCUT2D eigenvalue weighted by Gasteiger charge is 2.29. The highest BCUT2D eigenvalue weighted by Crippen LogP contribution is 2.34. The highest BCUT2D eigenvalue weighted by molar-refractivity contribution is 6.30. The number of rotatable bonds is 1. The van der Waals surface area contributed by atoms with Crippen molar-refractivity contribution in [3.05, 3.63) is 34.3 Å². The first-order valence-electron chi connectivity index (χ1n) is 4.77. The first-order valence-corrected chi connectivity index (χ1v) is 5.15. The molecule has 0 saturated carbocycles. The zero-order chi connectivity index (χ0) is 11.0. The van der Waals surface area contributed by atoms with Crippen molar-refractivity contribution in [1.82, 2.24) is 0 Å². The molecule has 15 heavy (non-hydrogen) atoms. The normalized spacial score (nSPS) is 24.7. The molecule has 1 aliphatic carbocycles. The number of carboxylic acids is 1. The van der Waals surface area contributed by atoms with Crippen LogP contribution in [0.1, 0.15) is 23.7 Å². The van der Waals surface area contributed by atoms with Gasteiger partial charge in [-0.15, -0.1) is 0 Å². The summed E-state index contributed by atoms with van der Waals surface area (Å²) in [6, 6.07) is 5.22. The zero-order valence-corrected chi connectivity index (χ0v) is 8.74. The maximum atomic E-state index is 10.8. The third kappa shape index (κ3) is 1.98. The Balaban J connectivity index is 2.36. The van der Waals surface area contributed by atoms with Crippen molar-refractivity contribution in [1.29, 1.82) is 0 Å². The lowest BCUT2D eigenvalue weighted by Gasteiger charge is -2.26. The summed E-state index contributed by atoms with van der Waals surface area (Å²) in [6.07, 6.45) is 0.0234. The van der Waals surface area contributed by atoms with Crippen molar-refractivity contribution in [3.8, 4) is 0 Å². The van der Waals surface area contributed by atoms with E-state index in [0.29, 0.717) is 11.4 Å². The maximum Gasteiger partial charge on any atom is 0.306 e. The van der Waals surface area contributed by atoms with E-state index in [1.54, 1.807) is 18.2 Å². The van der Waals surface area contributed by atoms with E-state index in [2.05, 4.69) is 0 Å². The monoisotopic (exact) mass is 226 g/mol. The molecule has 0 saturated heterocycles. The third-order valence-electron chi connectivity index (χ3n) is 2.79. The lowest BCUT2D eigenvalue weighted by atomic mass is 9.82. The summed E-state index contributed by atoms with van der Waals surface area (Å²) in [7, 11) is 0. The molecule has 0 spiro atoms. The molecular formula is C11H11ClO3. The highest BCUT2D eigenvalue weighted by atomic mass is 35.5. The molecule has 80 valence electrons. The number of hydrogen-bond acceptors (Lipinski definition) is 2. The fourth-order valence-electron chi connectivity index (χ4n) is 2.00. The summed E-state index contributed by atoms with van der Waals surface area (Å²) in [6.45, 7) is 0. The smallest absolute Gasteiger partial charge is 0.306 e. The predicted octanol–water partition coefficient (Wildman–Crippen LogP) is 2.02. The molecule has 0 fully saturated rings. The minimum Gasteiger partial charge on any atom is -0.481 e. The molecule has 2 rings (SSSR count). The van der Waals surface area contributed by atoms with Crippen LogP contribution in [-0.4, -0.2) is 16.2 Å². The van der Waals surface area contributed by atoms with Gasteiger partial charge in [-0.3, -0.25) is 4.79 Å². The van der Waals surface area contributed by atoms with E-state index in [1.165, 1.54) is 0 Å². The van der Waals surface area contributed by atoms with E-state index in [1.807, 2.05) is 0 Å². The van der Waals surface area contributed by atoms with Gasteiger partial charge >= 0.3 is 5.97 Å². The van der Waals surface area contributed by atoms with Crippen LogP contribution in [0.15, 0.2) is 18.2 Å². The average Bonchev–Trinajstić information content (AvgIpc) is 2.18. The van der Waals surface area contributed by atoms with E-state index < -0.39 is 18.0 Å². The number of aliphatic carboxylic acids is 1. The second-order valence-corrected chi connectivity index (χ2v) is 4.27. The van der Waals surface area contributed by atoms with E-state index in [9.17, 15) is 9.90 Å². The van der Waals surface area contributed by atoms with Crippen molar-refractivity contribution in [2.24, 2.45) is 5.92 Å². The van der Waals surface area contributed by atoms with E-state index in [0.717, 1.165) is 11.1 Å². The molecule has 1 aromatic carbocycles. The van der Waals surface area contributed by atoms with E-state index in [4.69, 9.17) is 16.7 Å². The van der Waals surface area contributed by atoms with Gasteiger partial charge in [0.1, 0.15) is 0 Å². The van der Waals surface area contributed by atoms with Gasteiger partial charge in [-0.2, -0.15) is 0 Å². The fraction of sp³-hybridized carbons (Fsp3) is 0.364. The van der Waals surface area contributed by atoms with Gasteiger partial charge < -0.3 is 10.2 Å². The molecule has 0 radical (unpaired) electrons. The standard InChI is InChI=1S/C11H11ClO3/c12-8-2-1-6-3-7(11(14)15)4-10(13)9(6)5-8/h1-2,5,7,10,13H,3-4H2,(H,14,15). The quantitative estimate of drug-likeness (QED) is 0.770. The largest absolute Gasteiger partial charge is 0.481 e. The lowest BCUT2D eigenvalue weighted by molar-refractivity contribution is -0.143. The lowest BCUT2D eigenvalue weighted by Crippen LogP contribution is -2.25. The molecule has 3 nitrogen and oxygen atoms in total. The van der Waals surface area contributed by atoms with Crippen LogP contribution in [0.4, 0.5) is 0 Å². The van der Waals surface area contributed by atoms with Crippen LogP contribution in [-0.2, 0) is 11.2 Å². The van der Waals surface area contributed by atoms with Crippen molar-refractivity contribution < 1.29 is 15.0 Å². The van der Waals surface area contributed by atoms with Crippen LogP contribution in [0.5, 0.6) is 0 Å². The SMILES string of the molecule is O=C(O)C1Cc2ccc(Cl)cc2C(O)C1. The number of carboxylic acid groups (broad SMARTS) is 1. The van der Waals surface area contributed by atoms with Gasteiger partial charge in [0.25, 0.3) is 0 Å². The topological polar surface area (TPSA) is 57.5 Å². The van der Waals surface area contributed by atoms with Gasteiger partial charge in [-0.25, -0.2) is 0 Å². The third-order valence-corrected chi connectivity index (χ3v) is 3.03. The Labute approximate surface area is 92.3 Å². The van der Waals surface area contributed by atoms with Gasteiger partial charge in [-0.1, -0.05) is 17.7 Å². The van der Waals surface area contributed by atoms with Crippen LogP contribution >= 0.6 is 11.6 Å². The number of benzene rings is 1. The van der Waals surface area contributed by atoms with Crippen LogP contribution in [0.2, 0.25) is 5.02 Å². The fourth-order valence-corrected chi connectivity index (χ4v) is 2.18. The number of carbonyl (C=O) groups is 1. The van der Waals surface area contributed by atoms with Gasteiger partial charge in [-0.05, 0) is 36.1 Å². The van der Waals surface area contributed by atoms with Crippen LogP contribution in [0.3, 0.4) is 0 Å². The Morgan fingerprint density at radius 2 is 2.20 bits per heavy atom. The van der Waals surface area contributed by atoms with Gasteiger partial charge in [0.05, 0.1) is 12.0 Å². The second kappa shape index (κ2) is 3.83. The number of hydrogen-bond donors (Lipinski definition) is 2.